The molecule has 2 heterocycles. The van der Waals surface area contributed by atoms with E-state index in [-0.39, 0.29) is 17.9 Å². The minimum absolute atomic E-state index is 0.0566. The summed E-state index contributed by atoms with van der Waals surface area (Å²) in [6.45, 7) is 6.00. The van der Waals surface area contributed by atoms with Gasteiger partial charge in [-0.1, -0.05) is 13.8 Å². The number of carboxylic acids is 1. The van der Waals surface area contributed by atoms with Gasteiger partial charge in [-0.2, -0.15) is 0 Å². The van der Waals surface area contributed by atoms with Crippen LogP contribution >= 0.6 is 0 Å². The molecule has 2 aliphatic heterocycles. The summed E-state index contributed by atoms with van der Waals surface area (Å²) in [4.78, 5) is 26.0. The van der Waals surface area contributed by atoms with Gasteiger partial charge in [0, 0.05) is 18.6 Å². The highest BCUT2D eigenvalue weighted by molar-refractivity contribution is 5.91. The highest BCUT2D eigenvalue weighted by Crippen LogP contribution is 2.58. The lowest BCUT2D eigenvalue weighted by molar-refractivity contribution is -0.140. The summed E-state index contributed by atoms with van der Waals surface area (Å²) in [6, 6.07) is 0.851. The van der Waals surface area contributed by atoms with E-state index in [2.05, 4.69) is 10.2 Å². The van der Waals surface area contributed by atoms with E-state index in [0.29, 0.717) is 6.04 Å². The standard InChI is InChI=1S/C15H24N2O3/c1-15(2)11(12(15)14(19)20)13(18)16-9-5-7-17-6-3-4-10(17)8-9/h9-12H,3-8H2,1-2H3,(H,16,18)(H,19,20). The van der Waals surface area contributed by atoms with E-state index < -0.39 is 17.3 Å². The number of nitrogens with zero attached hydrogens (tertiary/aromatic N) is 1. The second kappa shape index (κ2) is 4.72. The topological polar surface area (TPSA) is 69.6 Å². The first-order valence-corrected chi connectivity index (χ1v) is 7.68. The summed E-state index contributed by atoms with van der Waals surface area (Å²) in [6.07, 6.45) is 4.52. The first-order chi connectivity index (χ1) is 9.41. The molecule has 3 fully saturated rings. The van der Waals surface area contributed by atoms with Crippen LogP contribution in [0, 0.1) is 17.3 Å². The van der Waals surface area contributed by atoms with E-state index in [1.807, 2.05) is 13.8 Å². The summed E-state index contributed by atoms with van der Waals surface area (Å²) >= 11 is 0. The molecule has 3 aliphatic rings. The largest absolute Gasteiger partial charge is 0.481 e. The molecule has 5 heteroatoms. The van der Waals surface area contributed by atoms with Crippen LogP contribution in [0.15, 0.2) is 0 Å². The van der Waals surface area contributed by atoms with Crippen LogP contribution in [0.1, 0.15) is 39.5 Å². The molecule has 0 aromatic rings. The third-order valence-electron chi connectivity index (χ3n) is 5.54. The van der Waals surface area contributed by atoms with E-state index in [9.17, 15) is 9.59 Å². The van der Waals surface area contributed by atoms with Crippen LogP contribution in [0.4, 0.5) is 0 Å². The molecule has 2 N–H and O–H groups in total. The van der Waals surface area contributed by atoms with Gasteiger partial charge < -0.3 is 15.3 Å². The predicted octanol–water partition coefficient (Wildman–Crippen LogP) is 1.09. The molecule has 3 rings (SSSR count). The van der Waals surface area contributed by atoms with Gasteiger partial charge in [0.25, 0.3) is 0 Å². The highest BCUT2D eigenvalue weighted by Gasteiger charge is 2.66. The second-order valence-electron chi connectivity index (χ2n) is 7.18. The molecular weight excluding hydrogens is 256 g/mol. The first kappa shape index (κ1) is 13.9. The van der Waals surface area contributed by atoms with Crippen molar-refractivity contribution in [2.75, 3.05) is 13.1 Å². The number of carboxylic acid groups (broad SMARTS) is 1. The number of aliphatic carboxylic acids is 1. The second-order valence-corrected chi connectivity index (χ2v) is 7.18. The number of hydrogen-bond donors (Lipinski definition) is 2. The maximum atomic E-state index is 12.3. The Morgan fingerprint density at radius 2 is 1.95 bits per heavy atom. The Labute approximate surface area is 119 Å². The summed E-state index contributed by atoms with van der Waals surface area (Å²) < 4.78 is 0. The van der Waals surface area contributed by atoms with Gasteiger partial charge in [-0.05, 0) is 37.6 Å². The third kappa shape index (κ3) is 2.22. The van der Waals surface area contributed by atoms with Gasteiger partial charge >= 0.3 is 5.97 Å². The number of piperidine rings is 1. The fourth-order valence-corrected chi connectivity index (χ4v) is 4.23. The lowest BCUT2D eigenvalue weighted by Crippen LogP contribution is -2.48. The van der Waals surface area contributed by atoms with Gasteiger partial charge in [-0.15, -0.1) is 0 Å². The Balaban J connectivity index is 1.56. The lowest BCUT2D eigenvalue weighted by Gasteiger charge is -2.35. The van der Waals surface area contributed by atoms with Gasteiger partial charge in [0.05, 0.1) is 11.8 Å². The zero-order chi connectivity index (χ0) is 14.5. The van der Waals surface area contributed by atoms with Gasteiger partial charge in [0.15, 0.2) is 0 Å². The first-order valence-electron chi connectivity index (χ1n) is 7.68. The number of fused-ring (bicyclic) bond motifs is 1. The monoisotopic (exact) mass is 280 g/mol. The van der Waals surface area contributed by atoms with E-state index in [4.69, 9.17) is 5.11 Å². The number of carbonyl (C=O) groups is 2. The van der Waals surface area contributed by atoms with Crippen molar-refractivity contribution in [1.82, 2.24) is 10.2 Å². The van der Waals surface area contributed by atoms with Crippen LogP contribution in [0.25, 0.3) is 0 Å². The van der Waals surface area contributed by atoms with Crippen molar-refractivity contribution in [1.29, 1.82) is 0 Å². The van der Waals surface area contributed by atoms with Crippen LogP contribution < -0.4 is 5.32 Å². The fourth-order valence-electron chi connectivity index (χ4n) is 4.23. The van der Waals surface area contributed by atoms with Crippen molar-refractivity contribution >= 4 is 11.9 Å². The van der Waals surface area contributed by atoms with Gasteiger partial charge in [-0.25, -0.2) is 0 Å². The Hall–Kier alpha value is -1.10. The molecule has 1 aliphatic carbocycles. The third-order valence-corrected chi connectivity index (χ3v) is 5.54. The maximum absolute atomic E-state index is 12.3. The zero-order valence-corrected chi connectivity index (χ0v) is 12.3. The van der Waals surface area contributed by atoms with Crippen LogP contribution in [-0.4, -0.2) is 47.1 Å². The molecule has 20 heavy (non-hydrogen) atoms. The Morgan fingerprint density at radius 3 is 2.60 bits per heavy atom. The predicted molar refractivity (Wildman–Crippen MR) is 74.2 cm³/mol. The van der Waals surface area contributed by atoms with E-state index in [1.54, 1.807) is 0 Å². The molecule has 112 valence electrons. The smallest absolute Gasteiger partial charge is 0.307 e. The minimum atomic E-state index is -0.847. The van der Waals surface area contributed by atoms with Crippen molar-refractivity contribution in [2.45, 2.75) is 51.6 Å². The van der Waals surface area contributed by atoms with Crippen LogP contribution in [0.2, 0.25) is 0 Å². The molecule has 0 aromatic heterocycles. The van der Waals surface area contributed by atoms with Gasteiger partial charge in [-0.3, -0.25) is 9.59 Å². The summed E-state index contributed by atoms with van der Waals surface area (Å²) in [5.41, 5.74) is -0.399. The van der Waals surface area contributed by atoms with Crippen molar-refractivity contribution in [3.8, 4) is 0 Å². The minimum Gasteiger partial charge on any atom is -0.481 e. The zero-order valence-electron chi connectivity index (χ0n) is 12.3. The van der Waals surface area contributed by atoms with Crippen LogP contribution in [0.5, 0.6) is 0 Å². The highest BCUT2D eigenvalue weighted by atomic mass is 16.4. The fraction of sp³-hybridized carbons (Fsp3) is 0.867. The number of rotatable bonds is 3. The summed E-state index contributed by atoms with van der Waals surface area (Å²) in [7, 11) is 0. The van der Waals surface area contributed by atoms with Gasteiger partial charge in [0.2, 0.25) is 5.91 Å². The Bertz CT molecular complexity index is 435. The Kier molecular flexibility index (Phi) is 3.27. The molecule has 5 nitrogen and oxygen atoms in total. The number of amides is 1. The van der Waals surface area contributed by atoms with Crippen molar-refractivity contribution < 1.29 is 14.7 Å². The quantitative estimate of drug-likeness (QED) is 0.812. The molecule has 4 atom stereocenters. The molecule has 2 saturated heterocycles. The Morgan fingerprint density at radius 1 is 1.20 bits per heavy atom. The normalized spacial score (nSPS) is 39.1. The van der Waals surface area contributed by atoms with E-state index in [0.717, 1.165) is 19.4 Å². The average molecular weight is 280 g/mol. The molecular formula is C15H24N2O3. The average Bonchev–Trinajstić information content (AvgIpc) is 2.73. The van der Waals surface area contributed by atoms with Crippen molar-refractivity contribution in [3.05, 3.63) is 0 Å². The summed E-state index contributed by atoms with van der Waals surface area (Å²) in [5.74, 6) is -1.78. The number of carbonyl (C=O) groups excluding carboxylic acids is 1. The molecule has 0 bridgehead atoms. The molecule has 0 spiro atoms. The molecule has 0 radical (unpaired) electrons. The van der Waals surface area contributed by atoms with Gasteiger partial charge in [0.1, 0.15) is 0 Å². The van der Waals surface area contributed by atoms with Crippen LogP contribution in [0.3, 0.4) is 0 Å². The maximum Gasteiger partial charge on any atom is 0.307 e. The molecule has 0 aromatic carbocycles. The number of nitrogens with one attached hydrogen (secondary N) is 1. The lowest BCUT2D eigenvalue weighted by atomic mass is 9.97. The SMILES string of the molecule is CC1(C)C(C(=O)O)C1C(=O)NC1CCN2CCCC2C1. The van der Waals surface area contributed by atoms with Crippen LogP contribution in [-0.2, 0) is 9.59 Å². The number of hydrogen-bond acceptors (Lipinski definition) is 3. The summed E-state index contributed by atoms with van der Waals surface area (Å²) in [5, 5.41) is 12.3. The molecule has 4 unspecified atom stereocenters. The van der Waals surface area contributed by atoms with Crippen molar-refractivity contribution in [2.24, 2.45) is 17.3 Å². The van der Waals surface area contributed by atoms with Crippen molar-refractivity contribution in [3.63, 3.8) is 0 Å². The molecule has 1 saturated carbocycles. The molecule has 1 amide bonds. The van der Waals surface area contributed by atoms with E-state index >= 15 is 0 Å². The van der Waals surface area contributed by atoms with E-state index in [1.165, 1.54) is 19.4 Å².